The number of rotatable bonds is 6. The number of ether oxygens (including phenoxy) is 4. The van der Waals surface area contributed by atoms with Crippen molar-refractivity contribution in [2.45, 2.75) is 38.2 Å². The Morgan fingerprint density at radius 1 is 1.20 bits per heavy atom. The Morgan fingerprint density at radius 2 is 1.92 bits per heavy atom. The molecule has 25 heavy (non-hydrogen) atoms. The van der Waals surface area contributed by atoms with Crippen LogP contribution in [-0.4, -0.2) is 57.3 Å². The topological polar surface area (TPSA) is 78.1 Å². The normalized spacial score (nSPS) is 28.0. The van der Waals surface area contributed by atoms with Crippen LogP contribution in [0, 0.1) is 5.92 Å². The van der Waals surface area contributed by atoms with Gasteiger partial charge in [0.2, 0.25) is 0 Å². The zero-order valence-corrected chi connectivity index (χ0v) is 14.9. The fourth-order valence-electron chi connectivity index (χ4n) is 3.09. The van der Waals surface area contributed by atoms with Gasteiger partial charge in [0.15, 0.2) is 6.10 Å². The van der Waals surface area contributed by atoms with Crippen molar-refractivity contribution in [3.05, 3.63) is 24.3 Å². The van der Waals surface area contributed by atoms with E-state index < -0.39 is 12.2 Å². The number of benzene rings is 1. The number of fused-ring (bicyclic) bond motifs is 1. The van der Waals surface area contributed by atoms with E-state index in [0.29, 0.717) is 24.8 Å². The van der Waals surface area contributed by atoms with Gasteiger partial charge in [-0.3, -0.25) is 5.32 Å². The highest BCUT2D eigenvalue weighted by Crippen LogP contribution is 2.29. The van der Waals surface area contributed by atoms with Crippen LogP contribution in [0.3, 0.4) is 0 Å². The van der Waals surface area contributed by atoms with E-state index in [2.05, 4.69) is 24.5 Å². The fourth-order valence-corrected chi connectivity index (χ4v) is 3.09. The molecule has 1 aromatic carbocycles. The molecule has 138 valence electrons. The molecule has 2 aliphatic heterocycles. The van der Waals surface area contributed by atoms with Gasteiger partial charge < -0.3 is 24.3 Å². The second-order valence-electron chi connectivity index (χ2n) is 6.80. The van der Waals surface area contributed by atoms with Gasteiger partial charge in [0.25, 0.3) is 0 Å². The second kappa shape index (κ2) is 8.03. The van der Waals surface area contributed by atoms with Gasteiger partial charge in [-0.1, -0.05) is 13.8 Å². The summed E-state index contributed by atoms with van der Waals surface area (Å²) in [6, 6.07) is 7.20. The lowest BCUT2D eigenvalue weighted by Crippen LogP contribution is -2.43. The Labute approximate surface area is 148 Å². The Kier molecular flexibility index (Phi) is 5.78. The van der Waals surface area contributed by atoms with E-state index in [-0.39, 0.29) is 18.2 Å². The second-order valence-corrected chi connectivity index (χ2v) is 6.80. The summed E-state index contributed by atoms with van der Waals surface area (Å²) in [5, 5.41) is 6.17. The molecule has 0 radical (unpaired) electrons. The predicted molar refractivity (Wildman–Crippen MR) is 93.0 cm³/mol. The van der Waals surface area contributed by atoms with Crippen molar-refractivity contribution < 1.29 is 23.7 Å². The van der Waals surface area contributed by atoms with Gasteiger partial charge in [0, 0.05) is 5.69 Å². The lowest BCUT2D eigenvalue weighted by molar-refractivity contribution is 0.00854. The first-order valence-corrected chi connectivity index (χ1v) is 8.65. The summed E-state index contributed by atoms with van der Waals surface area (Å²) in [4.78, 5) is 12.1. The van der Waals surface area contributed by atoms with Crippen LogP contribution >= 0.6 is 0 Å². The average molecular weight is 350 g/mol. The molecule has 1 aromatic rings. The Balaban J connectivity index is 1.49. The van der Waals surface area contributed by atoms with Crippen LogP contribution in [0.15, 0.2) is 24.3 Å². The first-order valence-electron chi connectivity index (χ1n) is 8.65. The molecule has 1 amide bonds. The standard InChI is InChI=1S/C18H26N2O5/c1-11(2)8-19-14-9-23-17-15(10-24-16(14)17)25-18(21)20-12-4-6-13(22-3)7-5-12/h4-7,11,14-17,19H,8-10H2,1-3H3,(H,20,21). The van der Waals surface area contributed by atoms with Crippen LogP contribution in [0.5, 0.6) is 5.75 Å². The summed E-state index contributed by atoms with van der Waals surface area (Å²) in [5.74, 6) is 1.29. The minimum Gasteiger partial charge on any atom is -0.497 e. The summed E-state index contributed by atoms with van der Waals surface area (Å²) in [6.45, 7) is 6.15. The maximum atomic E-state index is 12.1. The molecule has 7 nitrogen and oxygen atoms in total. The van der Waals surface area contributed by atoms with E-state index in [1.807, 2.05) is 0 Å². The van der Waals surface area contributed by atoms with Gasteiger partial charge in [-0.2, -0.15) is 0 Å². The highest BCUT2D eigenvalue weighted by atomic mass is 16.6. The number of anilines is 1. The highest BCUT2D eigenvalue weighted by molar-refractivity contribution is 5.84. The average Bonchev–Trinajstić information content (AvgIpc) is 3.17. The molecule has 0 saturated carbocycles. The number of hydrogen-bond acceptors (Lipinski definition) is 6. The highest BCUT2D eigenvalue weighted by Gasteiger charge is 2.49. The number of carbonyl (C=O) groups excluding carboxylic acids is 1. The minimum absolute atomic E-state index is 0.0717. The van der Waals surface area contributed by atoms with Crippen LogP contribution in [0.2, 0.25) is 0 Å². The van der Waals surface area contributed by atoms with Gasteiger partial charge >= 0.3 is 6.09 Å². The maximum Gasteiger partial charge on any atom is 0.412 e. The van der Waals surface area contributed by atoms with Crippen LogP contribution < -0.4 is 15.4 Å². The lowest BCUT2D eigenvalue weighted by Gasteiger charge is -2.19. The molecule has 3 rings (SSSR count). The van der Waals surface area contributed by atoms with Gasteiger partial charge in [0.05, 0.1) is 26.4 Å². The molecular formula is C18H26N2O5. The summed E-state index contributed by atoms with van der Waals surface area (Å²) in [5.41, 5.74) is 0.644. The molecule has 2 heterocycles. The number of nitrogens with one attached hydrogen (secondary N) is 2. The first-order chi connectivity index (χ1) is 12.1. The predicted octanol–water partition coefficient (Wildman–Crippen LogP) is 2.02. The molecule has 0 bridgehead atoms. The van der Waals surface area contributed by atoms with Crippen molar-refractivity contribution in [3.8, 4) is 5.75 Å². The SMILES string of the molecule is COc1ccc(NC(=O)OC2COC3C(NCC(C)C)COC23)cc1. The van der Waals surface area contributed by atoms with Crippen molar-refractivity contribution >= 4 is 11.8 Å². The number of methoxy groups -OCH3 is 1. The third-order valence-corrected chi connectivity index (χ3v) is 4.39. The number of carbonyl (C=O) groups is 1. The van der Waals surface area contributed by atoms with Crippen molar-refractivity contribution in [1.82, 2.24) is 5.32 Å². The van der Waals surface area contributed by atoms with Gasteiger partial charge in [0.1, 0.15) is 18.0 Å². The molecule has 0 aliphatic carbocycles. The molecule has 0 spiro atoms. The van der Waals surface area contributed by atoms with Crippen molar-refractivity contribution in [3.63, 3.8) is 0 Å². The van der Waals surface area contributed by atoms with Crippen molar-refractivity contribution in [2.75, 3.05) is 32.2 Å². The van der Waals surface area contributed by atoms with Crippen LogP contribution in [-0.2, 0) is 14.2 Å². The van der Waals surface area contributed by atoms with Crippen LogP contribution in [0.4, 0.5) is 10.5 Å². The third-order valence-electron chi connectivity index (χ3n) is 4.39. The van der Waals surface area contributed by atoms with Gasteiger partial charge in [-0.25, -0.2) is 4.79 Å². The monoisotopic (exact) mass is 350 g/mol. The minimum atomic E-state index is -0.512. The Hall–Kier alpha value is -1.83. The molecule has 2 fully saturated rings. The molecule has 2 aliphatic rings. The van der Waals surface area contributed by atoms with Gasteiger partial charge in [-0.05, 0) is 36.7 Å². The fraction of sp³-hybridized carbons (Fsp3) is 0.611. The smallest absolute Gasteiger partial charge is 0.412 e. The van der Waals surface area contributed by atoms with E-state index in [1.54, 1.807) is 31.4 Å². The maximum absolute atomic E-state index is 12.1. The van der Waals surface area contributed by atoms with E-state index in [0.717, 1.165) is 12.3 Å². The molecule has 4 atom stereocenters. The summed E-state index contributed by atoms with van der Waals surface area (Å²) < 4.78 is 22.2. The van der Waals surface area contributed by atoms with Crippen LogP contribution in [0.25, 0.3) is 0 Å². The van der Waals surface area contributed by atoms with Crippen molar-refractivity contribution in [2.24, 2.45) is 5.92 Å². The van der Waals surface area contributed by atoms with Crippen molar-refractivity contribution in [1.29, 1.82) is 0 Å². The quantitative estimate of drug-likeness (QED) is 0.817. The molecule has 0 aromatic heterocycles. The molecular weight excluding hydrogens is 324 g/mol. The molecule has 2 N–H and O–H groups in total. The largest absolute Gasteiger partial charge is 0.497 e. The first kappa shape index (κ1) is 18.0. The zero-order valence-electron chi connectivity index (χ0n) is 14.9. The zero-order chi connectivity index (χ0) is 17.8. The van der Waals surface area contributed by atoms with Crippen LogP contribution in [0.1, 0.15) is 13.8 Å². The summed E-state index contributed by atoms with van der Waals surface area (Å²) in [6.07, 6.45) is -1.19. The van der Waals surface area contributed by atoms with E-state index in [1.165, 1.54) is 0 Å². The number of amides is 1. The van der Waals surface area contributed by atoms with E-state index in [9.17, 15) is 4.79 Å². The Bertz CT molecular complexity index is 577. The third kappa shape index (κ3) is 4.42. The molecule has 2 saturated heterocycles. The van der Waals surface area contributed by atoms with E-state index >= 15 is 0 Å². The molecule has 4 unspecified atom stereocenters. The molecule has 7 heteroatoms. The number of hydrogen-bond donors (Lipinski definition) is 2. The Morgan fingerprint density at radius 3 is 2.60 bits per heavy atom. The van der Waals surface area contributed by atoms with E-state index in [4.69, 9.17) is 18.9 Å². The summed E-state index contributed by atoms with van der Waals surface area (Å²) >= 11 is 0. The van der Waals surface area contributed by atoms with Gasteiger partial charge in [-0.15, -0.1) is 0 Å². The summed E-state index contributed by atoms with van der Waals surface area (Å²) in [7, 11) is 1.60. The lowest BCUT2D eigenvalue weighted by atomic mass is 10.1.